The minimum absolute atomic E-state index is 0.195. The number of carbonyl (C=O) groups excluding carboxylic acids is 1. The van der Waals surface area contributed by atoms with Crippen LogP contribution in [0.25, 0.3) is 0 Å². The Morgan fingerprint density at radius 2 is 2.24 bits per heavy atom. The summed E-state index contributed by atoms with van der Waals surface area (Å²) in [6.07, 6.45) is 3.80. The predicted molar refractivity (Wildman–Crippen MR) is 66.6 cm³/mol. The second kappa shape index (κ2) is 6.36. The van der Waals surface area contributed by atoms with Crippen LogP contribution in [0.3, 0.4) is 0 Å². The second-order valence-electron chi connectivity index (χ2n) is 5.06. The van der Waals surface area contributed by atoms with Gasteiger partial charge < -0.3 is 15.2 Å². The molecule has 1 rings (SSSR count). The molecule has 0 amide bonds. The van der Waals surface area contributed by atoms with Crippen molar-refractivity contribution in [3.63, 3.8) is 0 Å². The first-order valence-corrected chi connectivity index (χ1v) is 6.58. The number of esters is 1. The molecule has 17 heavy (non-hydrogen) atoms. The van der Waals surface area contributed by atoms with Gasteiger partial charge in [-0.2, -0.15) is 0 Å². The van der Waals surface area contributed by atoms with Gasteiger partial charge in [0, 0.05) is 6.61 Å². The molecule has 4 nitrogen and oxygen atoms in total. The van der Waals surface area contributed by atoms with Gasteiger partial charge in [-0.1, -0.05) is 6.42 Å². The van der Waals surface area contributed by atoms with Crippen LogP contribution < -0.4 is 5.73 Å². The van der Waals surface area contributed by atoms with E-state index in [0.29, 0.717) is 13.2 Å². The normalized spacial score (nSPS) is 28.6. The number of nitrogens with two attached hydrogens (primary N) is 1. The summed E-state index contributed by atoms with van der Waals surface area (Å²) in [5.74, 6) is -0.0488. The Hall–Kier alpha value is -0.610. The largest absolute Gasteiger partial charge is 0.465 e. The summed E-state index contributed by atoms with van der Waals surface area (Å²) in [5, 5.41) is 0. The lowest BCUT2D eigenvalue weighted by molar-refractivity contribution is -0.151. The van der Waals surface area contributed by atoms with Crippen LogP contribution in [-0.4, -0.2) is 30.8 Å². The Bertz CT molecular complexity index is 255. The van der Waals surface area contributed by atoms with E-state index in [0.717, 1.165) is 25.7 Å². The molecular formula is C13H25NO3. The average molecular weight is 243 g/mol. The molecule has 2 N–H and O–H groups in total. The molecule has 0 heterocycles. The number of rotatable bonds is 6. The van der Waals surface area contributed by atoms with Gasteiger partial charge in [0.15, 0.2) is 0 Å². The van der Waals surface area contributed by atoms with E-state index >= 15 is 0 Å². The fraction of sp³-hybridized carbons (Fsp3) is 0.923. The van der Waals surface area contributed by atoms with Crippen LogP contribution >= 0.6 is 0 Å². The zero-order valence-electron chi connectivity index (χ0n) is 11.2. The number of ether oxygens (including phenoxy) is 2. The Balaban J connectivity index is 2.49. The maximum absolute atomic E-state index is 11.9. The van der Waals surface area contributed by atoms with Crippen LogP contribution in [0, 0.1) is 5.92 Å². The molecule has 0 aliphatic heterocycles. The first-order chi connectivity index (χ1) is 8.00. The Kier molecular flexibility index (Phi) is 5.40. The summed E-state index contributed by atoms with van der Waals surface area (Å²) in [6.45, 7) is 6.90. The van der Waals surface area contributed by atoms with Gasteiger partial charge in [0.2, 0.25) is 0 Å². The molecule has 1 aliphatic carbocycles. The minimum Gasteiger partial charge on any atom is -0.465 e. The fourth-order valence-electron chi connectivity index (χ4n) is 2.48. The summed E-state index contributed by atoms with van der Waals surface area (Å²) in [5.41, 5.74) is 5.44. The van der Waals surface area contributed by atoms with Crippen LogP contribution in [-0.2, 0) is 14.3 Å². The molecule has 1 saturated carbocycles. The Labute approximate surface area is 104 Å². The highest BCUT2D eigenvalue weighted by Crippen LogP contribution is 2.37. The van der Waals surface area contributed by atoms with E-state index in [1.54, 1.807) is 0 Å². The van der Waals surface area contributed by atoms with Crippen LogP contribution in [0.1, 0.15) is 46.5 Å². The molecule has 2 atom stereocenters. The second-order valence-corrected chi connectivity index (χ2v) is 5.06. The van der Waals surface area contributed by atoms with Crippen LogP contribution in [0.5, 0.6) is 0 Å². The van der Waals surface area contributed by atoms with E-state index in [-0.39, 0.29) is 18.0 Å². The first kappa shape index (κ1) is 14.5. The highest BCUT2D eigenvalue weighted by molar-refractivity contribution is 5.81. The summed E-state index contributed by atoms with van der Waals surface area (Å²) in [4.78, 5) is 11.9. The van der Waals surface area contributed by atoms with Gasteiger partial charge >= 0.3 is 5.97 Å². The van der Waals surface area contributed by atoms with Gasteiger partial charge in [-0.05, 0) is 46.0 Å². The van der Waals surface area contributed by atoms with Crippen molar-refractivity contribution < 1.29 is 14.3 Å². The predicted octanol–water partition coefficient (Wildman–Crippen LogP) is 1.86. The Morgan fingerprint density at radius 1 is 1.53 bits per heavy atom. The van der Waals surface area contributed by atoms with Crippen molar-refractivity contribution in [2.24, 2.45) is 11.7 Å². The molecular weight excluding hydrogens is 218 g/mol. The molecule has 1 aliphatic rings. The van der Waals surface area contributed by atoms with Crippen molar-refractivity contribution in [3.05, 3.63) is 0 Å². The van der Waals surface area contributed by atoms with Gasteiger partial charge in [0.25, 0.3) is 0 Å². The molecule has 2 unspecified atom stereocenters. The molecule has 100 valence electrons. The lowest BCUT2D eigenvalue weighted by Gasteiger charge is -2.29. The van der Waals surface area contributed by atoms with E-state index in [1.165, 1.54) is 0 Å². The number of hydrogen-bond acceptors (Lipinski definition) is 4. The van der Waals surface area contributed by atoms with Crippen LogP contribution in [0.15, 0.2) is 0 Å². The molecule has 0 aromatic rings. The molecule has 0 aromatic heterocycles. The molecule has 4 heteroatoms. The minimum atomic E-state index is -0.781. The van der Waals surface area contributed by atoms with E-state index in [9.17, 15) is 4.79 Å². The highest BCUT2D eigenvalue weighted by atomic mass is 16.5. The fourth-order valence-corrected chi connectivity index (χ4v) is 2.48. The summed E-state index contributed by atoms with van der Waals surface area (Å²) < 4.78 is 10.6. The first-order valence-electron chi connectivity index (χ1n) is 6.58. The molecule has 0 saturated heterocycles. The van der Waals surface area contributed by atoms with Crippen molar-refractivity contribution in [2.45, 2.75) is 58.1 Å². The quantitative estimate of drug-likeness (QED) is 0.723. The smallest absolute Gasteiger partial charge is 0.326 e. The Morgan fingerprint density at radius 3 is 2.82 bits per heavy atom. The van der Waals surface area contributed by atoms with E-state index < -0.39 is 5.54 Å². The van der Waals surface area contributed by atoms with Gasteiger partial charge in [-0.25, -0.2) is 0 Å². The van der Waals surface area contributed by atoms with Gasteiger partial charge in [-0.3, -0.25) is 4.79 Å². The SMILES string of the molecule is CCOC(=O)C1(N)CCCC1CCOC(C)C. The highest BCUT2D eigenvalue weighted by Gasteiger charge is 2.46. The van der Waals surface area contributed by atoms with Crippen LogP contribution in [0.4, 0.5) is 0 Å². The molecule has 0 aromatic carbocycles. The van der Waals surface area contributed by atoms with Gasteiger partial charge in [-0.15, -0.1) is 0 Å². The molecule has 0 radical (unpaired) electrons. The summed E-state index contributed by atoms with van der Waals surface area (Å²) in [7, 11) is 0. The maximum Gasteiger partial charge on any atom is 0.326 e. The number of carbonyl (C=O) groups is 1. The van der Waals surface area contributed by atoms with E-state index in [4.69, 9.17) is 15.2 Å². The lowest BCUT2D eigenvalue weighted by atomic mass is 9.86. The standard InChI is InChI=1S/C13H25NO3/c1-4-16-12(15)13(14)8-5-6-11(13)7-9-17-10(2)3/h10-11H,4-9,14H2,1-3H3. The van der Waals surface area contributed by atoms with Crippen molar-refractivity contribution >= 4 is 5.97 Å². The summed E-state index contributed by atoms with van der Waals surface area (Å²) >= 11 is 0. The lowest BCUT2D eigenvalue weighted by Crippen LogP contribution is -2.52. The third kappa shape index (κ3) is 3.68. The van der Waals surface area contributed by atoms with Gasteiger partial charge in [0.05, 0.1) is 12.7 Å². The van der Waals surface area contributed by atoms with E-state index in [1.807, 2.05) is 20.8 Å². The zero-order valence-corrected chi connectivity index (χ0v) is 11.2. The summed E-state index contributed by atoms with van der Waals surface area (Å²) in [6, 6.07) is 0. The third-order valence-corrected chi connectivity index (χ3v) is 3.44. The monoisotopic (exact) mass is 243 g/mol. The van der Waals surface area contributed by atoms with Gasteiger partial charge in [0.1, 0.15) is 5.54 Å². The number of hydrogen-bond donors (Lipinski definition) is 1. The van der Waals surface area contributed by atoms with Crippen molar-refractivity contribution in [1.29, 1.82) is 0 Å². The topological polar surface area (TPSA) is 61.5 Å². The van der Waals surface area contributed by atoms with Crippen molar-refractivity contribution in [2.75, 3.05) is 13.2 Å². The third-order valence-electron chi connectivity index (χ3n) is 3.44. The van der Waals surface area contributed by atoms with Crippen LogP contribution in [0.2, 0.25) is 0 Å². The molecule has 0 bridgehead atoms. The average Bonchev–Trinajstić information content (AvgIpc) is 2.62. The molecule has 1 fully saturated rings. The van der Waals surface area contributed by atoms with Crippen molar-refractivity contribution in [3.8, 4) is 0 Å². The molecule has 0 spiro atoms. The van der Waals surface area contributed by atoms with E-state index in [2.05, 4.69) is 0 Å². The maximum atomic E-state index is 11.9. The van der Waals surface area contributed by atoms with Crippen molar-refractivity contribution in [1.82, 2.24) is 0 Å². The zero-order chi connectivity index (χ0) is 12.9.